The van der Waals surface area contributed by atoms with Crippen LogP contribution in [0.1, 0.15) is 18.4 Å². The molecule has 1 aliphatic rings. The second-order valence-electron chi connectivity index (χ2n) is 9.62. The molecule has 7 nitrogen and oxygen atoms in total. The van der Waals surface area contributed by atoms with Crippen molar-refractivity contribution in [3.8, 4) is 11.5 Å². The summed E-state index contributed by atoms with van der Waals surface area (Å²) in [6.45, 7) is 2.65. The molecular weight excluding hydrogens is 462 g/mol. The van der Waals surface area contributed by atoms with E-state index in [1.165, 1.54) is 0 Å². The van der Waals surface area contributed by atoms with Gasteiger partial charge in [0.05, 0.1) is 24.6 Å². The maximum Gasteiger partial charge on any atom is 0.148 e. The Morgan fingerprint density at radius 2 is 1.81 bits per heavy atom. The van der Waals surface area contributed by atoms with Gasteiger partial charge in [0.1, 0.15) is 29.7 Å². The minimum absolute atomic E-state index is 0.175. The second-order valence-corrected chi connectivity index (χ2v) is 9.62. The maximum absolute atomic E-state index is 6.63. The highest BCUT2D eigenvalue weighted by molar-refractivity contribution is 5.97. The number of ether oxygens (including phenoxy) is 2. The highest BCUT2D eigenvalue weighted by Crippen LogP contribution is 2.39. The summed E-state index contributed by atoms with van der Waals surface area (Å²) in [5.41, 5.74) is 4.06. The van der Waals surface area contributed by atoms with E-state index < -0.39 is 0 Å². The fraction of sp³-hybridized carbons (Fsp3) is 0.267. The number of aromatic amines is 1. The van der Waals surface area contributed by atoms with Crippen LogP contribution in [0.2, 0.25) is 0 Å². The molecule has 0 bridgehead atoms. The number of methoxy groups -OCH3 is 1. The van der Waals surface area contributed by atoms with Crippen molar-refractivity contribution < 1.29 is 9.47 Å². The molecule has 1 fully saturated rings. The summed E-state index contributed by atoms with van der Waals surface area (Å²) in [5, 5.41) is 2.07. The van der Waals surface area contributed by atoms with Gasteiger partial charge in [-0.1, -0.05) is 24.3 Å². The molecule has 37 heavy (non-hydrogen) atoms. The van der Waals surface area contributed by atoms with E-state index in [4.69, 9.17) is 14.5 Å². The zero-order valence-corrected chi connectivity index (χ0v) is 21.2. The molecular formula is C30H31N5O2. The molecule has 0 radical (unpaired) electrons. The van der Waals surface area contributed by atoms with Gasteiger partial charge in [0.2, 0.25) is 0 Å². The fourth-order valence-corrected chi connectivity index (χ4v) is 5.15. The number of fused-ring (bicyclic) bond motifs is 2. The van der Waals surface area contributed by atoms with Crippen molar-refractivity contribution >= 4 is 33.3 Å². The number of rotatable bonds is 7. The largest absolute Gasteiger partial charge is 0.496 e. The summed E-state index contributed by atoms with van der Waals surface area (Å²) in [6, 6.07) is 22.7. The third-order valence-electron chi connectivity index (χ3n) is 7.19. The molecule has 6 rings (SSSR count). The number of para-hydroxylation sites is 1. The van der Waals surface area contributed by atoms with Gasteiger partial charge in [0.15, 0.2) is 0 Å². The average Bonchev–Trinajstić information content (AvgIpc) is 3.41. The summed E-state index contributed by atoms with van der Waals surface area (Å²) in [5.74, 6) is 2.49. The molecule has 0 spiro atoms. The Kier molecular flexibility index (Phi) is 6.37. The number of hydrogen-bond donors (Lipinski definition) is 1. The smallest absolute Gasteiger partial charge is 0.148 e. The van der Waals surface area contributed by atoms with Gasteiger partial charge in [-0.3, -0.25) is 0 Å². The first-order valence-corrected chi connectivity index (χ1v) is 12.7. The summed E-state index contributed by atoms with van der Waals surface area (Å²) in [6.07, 6.45) is 5.79. The monoisotopic (exact) mass is 493 g/mol. The number of H-pyrrole nitrogens is 1. The van der Waals surface area contributed by atoms with Gasteiger partial charge in [-0.15, -0.1) is 0 Å². The van der Waals surface area contributed by atoms with Crippen molar-refractivity contribution in [2.45, 2.75) is 25.5 Å². The van der Waals surface area contributed by atoms with E-state index in [2.05, 4.69) is 57.1 Å². The number of anilines is 2. The van der Waals surface area contributed by atoms with Crippen LogP contribution in [0.25, 0.3) is 21.8 Å². The van der Waals surface area contributed by atoms with Gasteiger partial charge in [0.25, 0.3) is 0 Å². The molecule has 0 saturated carbocycles. The van der Waals surface area contributed by atoms with Crippen molar-refractivity contribution in [2.75, 3.05) is 32.1 Å². The first-order valence-electron chi connectivity index (χ1n) is 12.7. The first kappa shape index (κ1) is 23.3. The molecule has 1 saturated heterocycles. The number of nitrogens with zero attached hydrogens (tertiary/aromatic N) is 4. The Balaban J connectivity index is 1.48. The number of likely N-dealkylation sites (tertiary alicyclic amines) is 1. The van der Waals surface area contributed by atoms with E-state index in [0.717, 1.165) is 76.3 Å². The van der Waals surface area contributed by atoms with Crippen LogP contribution in [0.5, 0.6) is 11.5 Å². The molecule has 0 aliphatic carbocycles. The lowest BCUT2D eigenvalue weighted by molar-refractivity contribution is 0.116. The zero-order chi connectivity index (χ0) is 25.2. The van der Waals surface area contributed by atoms with Crippen LogP contribution in [0, 0.1) is 0 Å². The molecule has 0 amide bonds. The maximum atomic E-state index is 6.63. The van der Waals surface area contributed by atoms with Crippen LogP contribution in [0.4, 0.5) is 11.5 Å². The topological polar surface area (TPSA) is 66.5 Å². The van der Waals surface area contributed by atoms with Gasteiger partial charge < -0.3 is 24.3 Å². The molecule has 3 aromatic carbocycles. The Hall–Kier alpha value is -4.10. The van der Waals surface area contributed by atoms with E-state index in [1.807, 2.05) is 42.6 Å². The van der Waals surface area contributed by atoms with Gasteiger partial charge in [-0.25, -0.2) is 9.97 Å². The lowest BCUT2D eigenvalue weighted by atomic mass is 10.1. The summed E-state index contributed by atoms with van der Waals surface area (Å²) < 4.78 is 12.3. The predicted molar refractivity (Wildman–Crippen MR) is 148 cm³/mol. The Bertz CT molecular complexity index is 1520. The first-order chi connectivity index (χ1) is 18.2. The highest BCUT2D eigenvalue weighted by atomic mass is 16.5. The minimum Gasteiger partial charge on any atom is -0.496 e. The van der Waals surface area contributed by atoms with Crippen LogP contribution in [0.3, 0.4) is 0 Å². The van der Waals surface area contributed by atoms with Crippen LogP contribution < -0.4 is 14.4 Å². The van der Waals surface area contributed by atoms with Crippen LogP contribution in [0.15, 0.2) is 79.3 Å². The fourth-order valence-electron chi connectivity index (χ4n) is 5.15. The molecule has 0 unspecified atom stereocenters. The molecule has 5 aromatic rings. The standard InChI is InChI=1S/C30H31N5O2/c1-34-16-13-24(14-17-34)37-28-9-5-7-26-29(28)30(33-20-32-26)35(19-22-6-3-4-8-27(22)36-2)23-10-11-25-21(18-23)12-15-31-25/h3-12,15,18,20,24,31H,13-14,16-17,19H2,1-2H3. The van der Waals surface area contributed by atoms with E-state index in [9.17, 15) is 0 Å². The molecule has 3 heterocycles. The number of hydrogen-bond acceptors (Lipinski definition) is 6. The second kappa shape index (κ2) is 10.1. The number of piperidine rings is 1. The normalized spacial score (nSPS) is 14.8. The highest BCUT2D eigenvalue weighted by Gasteiger charge is 2.23. The quantitative estimate of drug-likeness (QED) is 0.303. The summed E-state index contributed by atoms with van der Waals surface area (Å²) >= 11 is 0. The lowest BCUT2D eigenvalue weighted by Gasteiger charge is -2.30. The minimum atomic E-state index is 0.175. The molecule has 1 aliphatic heterocycles. The number of aromatic nitrogens is 3. The Labute approximate surface area is 216 Å². The number of benzene rings is 3. The molecule has 0 atom stereocenters. The van der Waals surface area contributed by atoms with E-state index >= 15 is 0 Å². The lowest BCUT2D eigenvalue weighted by Crippen LogP contribution is -2.35. The van der Waals surface area contributed by atoms with Gasteiger partial charge >= 0.3 is 0 Å². The van der Waals surface area contributed by atoms with Crippen molar-refractivity contribution in [1.82, 2.24) is 19.9 Å². The van der Waals surface area contributed by atoms with Gasteiger partial charge in [0, 0.05) is 41.4 Å². The van der Waals surface area contributed by atoms with Crippen molar-refractivity contribution in [1.29, 1.82) is 0 Å². The Morgan fingerprint density at radius 3 is 2.68 bits per heavy atom. The third-order valence-corrected chi connectivity index (χ3v) is 7.19. The van der Waals surface area contributed by atoms with Crippen LogP contribution in [-0.4, -0.2) is 53.2 Å². The predicted octanol–water partition coefficient (Wildman–Crippen LogP) is 5.93. The van der Waals surface area contributed by atoms with Gasteiger partial charge in [-0.05, 0) is 62.4 Å². The third kappa shape index (κ3) is 4.70. The summed E-state index contributed by atoms with van der Waals surface area (Å²) in [7, 11) is 3.87. The van der Waals surface area contributed by atoms with Crippen molar-refractivity contribution in [3.05, 3.63) is 84.8 Å². The van der Waals surface area contributed by atoms with Gasteiger partial charge in [-0.2, -0.15) is 0 Å². The Morgan fingerprint density at radius 1 is 0.973 bits per heavy atom. The average molecular weight is 494 g/mol. The summed E-state index contributed by atoms with van der Waals surface area (Å²) in [4.78, 5) is 17.3. The van der Waals surface area contributed by atoms with E-state index in [1.54, 1.807) is 13.4 Å². The van der Waals surface area contributed by atoms with Crippen LogP contribution >= 0.6 is 0 Å². The van der Waals surface area contributed by atoms with Crippen LogP contribution in [-0.2, 0) is 6.54 Å². The molecule has 7 heteroatoms. The zero-order valence-electron chi connectivity index (χ0n) is 21.2. The number of nitrogens with one attached hydrogen (secondary N) is 1. The molecule has 188 valence electrons. The van der Waals surface area contributed by atoms with Crippen molar-refractivity contribution in [2.24, 2.45) is 0 Å². The molecule has 1 N–H and O–H groups in total. The molecule has 2 aromatic heterocycles. The van der Waals surface area contributed by atoms with E-state index in [-0.39, 0.29) is 6.10 Å². The SMILES string of the molecule is COc1ccccc1CN(c1ccc2[nH]ccc2c1)c1ncnc2cccc(OC3CCN(C)CC3)c12. The van der Waals surface area contributed by atoms with Crippen molar-refractivity contribution in [3.63, 3.8) is 0 Å². The van der Waals surface area contributed by atoms with E-state index in [0.29, 0.717) is 6.54 Å².